The van der Waals surface area contributed by atoms with Crippen LogP contribution in [0, 0.1) is 0 Å². The number of piperazine rings is 1. The summed E-state index contributed by atoms with van der Waals surface area (Å²) in [5.41, 5.74) is 3.69. The SMILES string of the molecule is C[C@H]1CNCCN1Cc1cccc(-c2ccnc(NCCc3ccc4c(c3)C(F)(F)C(=O)N4)n2)c1. The quantitative estimate of drug-likeness (QED) is 0.481. The molecule has 0 bridgehead atoms. The molecule has 1 atom stereocenters. The smallest absolute Gasteiger partial charge is 0.352 e. The van der Waals surface area contributed by atoms with Crippen LogP contribution in [0.4, 0.5) is 20.4 Å². The van der Waals surface area contributed by atoms with Crippen LogP contribution >= 0.6 is 0 Å². The van der Waals surface area contributed by atoms with Gasteiger partial charge in [-0.1, -0.05) is 24.3 Å². The Morgan fingerprint density at radius 3 is 2.91 bits per heavy atom. The predicted octanol–water partition coefficient (Wildman–Crippen LogP) is 3.64. The first-order valence-corrected chi connectivity index (χ1v) is 11.8. The first kappa shape index (κ1) is 23.3. The molecule has 3 N–H and O–H groups in total. The van der Waals surface area contributed by atoms with Crippen LogP contribution in [-0.2, 0) is 23.7 Å². The highest BCUT2D eigenvalue weighted by atomic mass is 19.3. The Balaban J connectivity index is 1.23. The van der Waals surface area contributed by atoms with Gasteiger partial charge in [0.05, 0.1) is 16.9 Å². The van der Waals surface area contributed by atoms with Crippen LogP contribution in [0.5, 0.6) is 0 Å². The number of anilines is 2. The number of nitrogens with zero attached hydrogens (tertiary/aromatic N) is 3. The molecule has 3 aromatic rings. The third kappa shape index (κ3) is 5.01. The molecule has 7 nitrogen and oxygen atoms in total. The number of nitrogens with one attached hydrogen (secondary N) is 3. The maximum absolute atomic E-state index is 14.0. The molecule has 0 spiro atoms. The van der Waals surface area contributed by atoms with Crippen LogP contribution in [0.25, 0.3) is 11.3 Å². The molecule has 1 fully saturated rings. The number of carbonyl (C=O) groups is 1. The predicted molar refractivity (Wildman–Crippen MR) is 131 cm³/mol. The first-order chi connectivity index (χ1) is 16.9. The third-order valence-corrected chi connectivity index (χ3v) is 6.56. The van der Waals surface area contributed by atoms with Crippen LogP contribution in [-0.4, -0.2) is 53.0 Å². The lowest BCUT2D eigenvalue weighted by Crippen LogP contribution is -2.49. The zero-order chi connectivity index (χ0) is 24.4. The van der Waals surface area contributed by atoms with Crippen molar-refractivity contribution < 1.29 is 13.6 Å². The summed E-state index contributed by atoms with van der Waals surface area (Å²) in [5.74, 6) is -4.29. The summed E-state index contributed by atoms with van der Waals surface area (Å²) in [6.45, 7) is 6.64. The molecule has 5 rings (SSSR count). The molecular formula is C26H28F2N6O. The summed E-state index contributed by atoms with van der Waals surface area (Å²) in [5, 5.41) is 8.82. The molecule has 0 aliphatic carbocycles. The summed E-state index contributed by atoms with van der Waals surface area (Å²) in [7, 11) is 0. The van der Waals surface area contributed by atoms with Gasteiger partial charge in [-0.2, -0.15) is 8.78 Å². The number of hydrogen-bond acceptors (Lipinski definition) is 6. The summed E-state index contributed by atoms with van der Waals surface area (Å²) < 4.78 is 28.1. The van der Waals surface area contributed by atoms with Gasteiger partial charge in [-0.05, 0) is 48.7 Å². The molecule has 2 aliphatic heterocycles. The molecule has 1 aromatic heterocycles. The van der Waals surface area contributed by atoms with Gasteiger partial charge in [0.25, 0.3) is 5.91 Å². The third-order valence-electron chi connectivity index (χ3n) is 6.56. The molecule has 1 saturated heterocycles. The zero-order valence-electron chi connectivity index (χ0n) is 19.5. The van der Waals surface area contributed by atoms with Crippen molar-refractivity contribution in [3.63, 3.8) is 0 Å². The summed E-state index contributed by atoms with van der Waals surface area (Å²) in [6, 6.07) is 15.4. The molecule has 0 radical (unpaired) electrons. The fraction of sp³-hybridized carbons (Fsp3) is 0.346. The second kappa shape index (κ2) is 9.67. The highest BCUT2D eigenvalue weighted by Gasteiger charge is 2.48. The molecule has 2 aromatic carbocycles. The number of fused-ring (bicyclic) bond motifs is 1. The number of amides is 1. The molecule has 3 heterocycles. The lowest BCUT2D eigenvalue weighted by molar-refractivity contribution is -0.139. The maximum atomic E-state index is 14.0. The number of hydrogen-bond donors (Lipinski definition) is 3. The van der Waals surface area contributed by atoms with Crippen LogP contribution in [0.1, 0.15) is 23.6 Å². The van der Waals surface area contributed by atoms with Gasteiger partial charge in [-0.25, -0.2) is 9.97 Å². The van der Waals surface area contributed by atoms with Gasteiger partial charge >= 0.3 is 5.92 Å². The lowest BCUT2D eigenvalue weighted by atomic mass is 10.0. The van der Waals surface area contributed by atoms with E-state index < -0.39 is 11.8 Å². The van der Waals surface area contributed by atoms with Crippen molar-refractivity contribution in [2.45, 2.75) is 31.9 Å². The van der Waals surface area contributed by atoms with Crippen molar-refractivity contribution in [3.05, 3.63) is 71.4 Å². The van der Waals surface area contributed by atoms with E-state index in [1.807, 2.05) is 12.1 Å². The van der Waals surface area contributed by atoms with Crippen molar-refractivity contribution in [2.24, 2.45) is 0 Å². The molecule has 182 valence electrons. The van der Waals surface area contributed by atoms with Crippen molar-refractivity contribution in [3.8, 4) is 11.3 Å². The molecule has 1 amide bonds. The van der Waals surface area contributed by atoms with E-state index in [4.69, 9.17) is 0 Å². The number of alkyl halides is 2. The van der Waals surface area contributed by atoms with E-state index in [0.29, 0.717) is 30.5 Å². The van der Waals surface area contributed by atoms with Gasteiger partial charge in [-0.15, -0.1) is 0 Å². The van der Waals surface area contributed by atoms with Crippen molar-refractivity contribution in [2.75, 3.05) is 36.8 Å². The Hall–Kier alpha value is -3.43. The van der Waals surface area contributed by atoms with Crippen LogP contribution < -0.4 is 16.0 Å². The van der Waals surface area contributed by atoms with Crippen LogP contribution in [0.15, 0.2) is 54.7 Å². The fourth-order valence-corrected chi connectivity index (χ4v) is 4.54. The molecule has 0 unspecified atom stereocenters. The van der Waals surface area contributed by atoms with Crippen LogP contribution in [0.2, 0.25) is 0 Å². The van der Waals surface area contributed by atoms with E-state index in [0.717, 1.165) is 37.4 Å². The Morgan fingerprint density at radius 2 is 2.06 bits per heavy atom. The number of aromatic nitrogens is 2. The Kier molecular flexibility index (Phi) is 6.44. The Morgan fingerprint density at radius 1 is 1.17 bits per heavy atom. The number of rotatable bonds is 7. The minimum Gasteiger partial charge on any atom is -0.354 e. The van der Waals surface area contributed by atoms with E-state index in [1.165, 1.54) is 17.7 Å². The second-order valence-corrected chi connectivity index (χ2v) is 9.07. The van der Waals surface area contributed by atoms with Crippen molar-refractivity contribution >= 4 is 17.5 Å². The Bertz CT molecular complexity index is 1230. The maximum Gasteiger partial charge on any atom is 0.352 e. The molecule has 9 heteroatoms. The summed E-state index contributed by atoms with van der Waals surface area (Å²) in [6.07, 6.45) is 2.20. The van der Waals surface area contributed by atoms with Crippen LogP contribution in [0.3, 0.4) is 0 Å². The van der Waals surface area contributed by atoms with Gasteiger partial charge < -0.3 is 16.0 Å². The van der Waals surface area contributed by atoms with E-state index in [-0.39, 0.29) is 11.3 Å². The average Bonchev–Trinajstić information content (AvgIpc) is 3.09. The highest BCUT2D eigenvalue weighted by Crippen LogP contribution is 2.40. The molecular weight excluding hydrogens is 450 g/mol. The topological polar surface area (TPSA) is 82.2 Å². The van der Waals surface area contributed by atoms with E-state index in [9.17, 15) is 13.6 Å². The van der Waals surface area contributed by atoms with Gasteiger partial charge in [0, 0.05) is 50.5 Å². The van der Waals surface area contributed by atoms with Gasteiger partial charge in [-0.3, -0.25) is 9.69 Å². The Labute approximate surface area is 203 Å². The average molecular weight is 479 g/mol. The number of carbonyl (C=O) groups excluding carboxylic acids is 1. The van der Waals surface area contributed by atoms with Gasteiger partial charge in [0.1, 0.15) is 0 Å². The van der Waals surface area contributed by atoms with E-state index >= 15 is 0 Å². The summed E-state index contributed by atoms with van der Waals surface area (Å²) in [4.78, 5) is 22.9. The lowest BCUT2D eigenvalue weighted by Gasteiger charge is -2.33. The minimum absolute atomic E-state index is 0.168. The fourth-order valence-electron chi connectivity index (χ4n) is 4.54. The van der Waals surface area contributed by atoms with Gasteiger partial charge in [0.15, 0.2) is 0 Å². The second-order valence-electron chi connectivity index (χ2n) is 9.07. The molecule has 35 heavy (non-hydrogen) atoms. The normalized spacial score (nSPS) is 19.3. The largest absolute Gasteiger partial charge is 0.354 e. The zero-order valence-corrected chi connectivity index (χ0v) is 19.5. The molecule has 2 aliphatic rings. The number of benzene rings is 2. The van der Waals surface area contributed by atoms with Crippen molar-refractivity contribution in [1.29, 1.82) is 0 Å². The first-order valence-electron chi connectivity index (χ1n) is 11.8. The minimum atomic E-state index is -3.49. The summed E-state index contributed by atoms with van der Waals surface area (Å²) >= 11 is 0. The highest BCUT2D eigenvalue weighted by molar-refractivity contribution is 6.03. The number of halogens is 2. The van der Waals surface area contributed by atoms with Crippen molar-refractivity contribution in [1.82, 2.24) is 20.2 Å². The standard InChI is InChI=1S/C26H28F2N6O/c1-17-15-29-11-12-34(17)16-19-3-2-4-20(13-19)22-8-10-31-25(33-22)30-9-7-18-5-6-23-21(14-18)26(27,28)24(35)32-23/h2-6,8,10,13-14,17,29H,7,9,11-12,15-16H2,1H3,(H,32,35)(H,30,31,33)/t17-/m0/s1. The van der Waals surface area contributed by atoms with E-state index in [1.54, 1.807) is 12.3 Å². The van der Waals surface area contributed by atoms with E-state index in [2.05, 4.69) is 55.9 Å². The monoisotopic (exact) mass is 478 g/mol. The molecule has 0 saturated carbocycles. The van der Waals surface area contributed by atoms with Gasteiger partial charge in [0.2, 0.25) is 5.95 Å².